The minimum atomic E-state index is 0.0868. The summed E-state index contributed by atoms with van der Waals surface area (Å²) in [6, 6.07) is 0.0868. The van der Waals surface area contributed by atoms with E-state index < -0.39 is 0 Å². The summed E-state index contributed by atoms with van der Waals surface area (Å²) < 4.78 is 5.98. The largest absolute Gasteiger partial charge is 0.213 e. The highest BCUT2D eigenvalue weighted by molar-refractivity contribution is 6.17. The van der Waals surface area contributed by atoms with Crippen LogP contribution in [0, 0.1) is 5.52 Å². The third kappa shape index (κ3) is 1.89. The van der Waals surface area contributed by atoms with Crippen LogP contribution in [-0.2, 0) is 0 Å². The summed E-state index contributed by atoms with van der Waals surface area (Å²) in [5.74, 6) is 0. The summed E-state index contributed by atoms with van der Waals surface area (Å²) in [7, 11) is 0. The first-order valence-corrected chi connectivity index (χ1v) is 1.32. The SMILES string of the molecule is [2H]N=NCCl. The highest BCUT2D eigenvalue weighted by Gasteiger charge is 1.49. The minimum Gasteiger partial charge on any atom is -0.209 e. The van der Waals surface area contributed by atoms with Crippen LogP contribution in [0.4, 0.5) is 0 Å². The van der Waals surface area contributed by atoms with Crippen LogP contribution in [0.25, 0.3) is 0 Å². The molecule has 0 spiro atoms. The molecule has 0 amide bonds. The van der Waals surface area contributed by atoms with Crippen LogP contribution < -0.4 is 0 Å². The molecular weight excluding hydrogens is 75.5 g/mol. The average molecular weight is 79.5 g/mol. The van der Waals surface area contributed by atoms with Crippen molar-refractivity contribution in [1.29, 1.82) is 5.52 Å². The zero-order valence-electron chi connectivity index (χ0n) is 2.98. The molecule has 0 aliphatic rings. The summed E-state index contributed by atoms with van der Waals surface area (Å²) in [5.41, 5.74) is 2.60. The molecule has 0 atom stereocenters. The molecule has 4 heavy (non-hydrogen) atoms. The van der Waals surface area contributed by atoms with Crippen LogP contribution in [-0.4, -0.2) is 6.00 Å². The molecule has 0 aromatic heterocycles. The molecule has 0 saturated heterocycles. The molecule has 0 heterocycles. The van der Waals surface area contributed by atoms with E-state index in [1.54, 1.807) is 0 Å². The van der Waals surface area contributed by atoms with E-state index >= 15 is 0 Å². The van der Waals surface area contributed by atoms with Gasteiger partial charge >= 0.3 is 0 Å². The maximum absolute atomic E-state index is 5.98. The van der Waals surface area contributed by atoms with Gasteiger partial charge in [0, 0.05) is 0 Å². The summed E-state index contributed by atoms with van der Waals surface area (Å²) in [5, 5.41) is 3.03. The standard InChI is InChI=1S/CH3ClN2/c2-1-4-3/h3H,1H2/i/hD. The predicted octanol–water partition coefficient (Wildman–Crippen LogP) is 1.21. The third-order valence-electron chi connectivity index (χ3n) is 0.0535. The molecule has 0 radical (unpaired) electrons. The predicted molar refractivity (Wildman–Crippen MR) is 15.9 cm³/mol. The van der Waals surface area contributed by atoms with E-state index in [0.29, 0.717) is 0 Å². The molecular formula is CH3ClN2. The van der Waals surface area contributed by atoms with Gasteiger partial charge < -0.3 is 0 Å². The van der Waals surface area contributed by atoms with Gasteiger partial charge in [-0.15, -0.1) is 0 Å². The lowest BCUT2D eigenvalue weighted by Crippen LogP contribution is -1.44. The Balaban J connectivity index is 2.62. The quantitative estimate of drug-likeness (QED) is 0.279. The minimum absolute atomic E-state index is 0.0868. The van der Waals surface area contributed by atoms with E-state index in [-0.39, 0.29) is 6.00 Å². The Kier molecular flexibility index (Phi) is 1.55. The maximum Gasteiger partial charge on any atom is 0.213 e. The number of rotatable bonds is 1. The fourth-order valence-corrected chi connectivity index (χ4v) is 0. The van der Waals surface area contributed by atoms with E-state index in [0.717, 1.165) is 0 Å². The number of halogens is 1. The van der Waals surface area contributed by atoms with E-state index in [1.165, 1.54) is 0 Å². The Morgan fingerprint density at radius 1 is 2.50 bits per heavy atom. The summed E-state index contributed by atoms with van der Waals surface area (Å²) in [6.45, 7) is 0. The molecule has 24 valence electrons. The van der Waals surface area contributed by atoms with Gasteiger partial charge in [0.05, 0.1) is 0 Å². The van der Waals surface area contributed by atoms with Crippen LogP contribution in [0.5, 0.6) is 0 Å². The second-order valence-corrected chi connectivity index (χ2v) is 0.500. The average Bonchev–Trinajstić information content (AvgIpc) is 1.41. The van der Waals surface area contributed by atoms with Gasteiger partial charge in [-0.2, -0.15) is 5.11 Å². The zero-order chi connectivity index (χ0) is 4.12. The van der Waals surface area contributed by atoms with E-state index in [9.17, 15) is 0 Å². The zero-order valence-corrected chi connectivity index (χ0v) is 2.74. The van der Waals surface area contributed by atoms with Gasteiger partial charge in [0.1, 0.15) is 6.00 Å². The van der Waals surface area contributed by atoms with Crippen LogP contribution >= 0.6 is 11.6 Å². The number of nitrogens with zero attached hydrogens (tertiary/aromatic N) is 1. The molecule has 0 aromatic carbocycles. The van der Waals surface area contributed by atoms with E-state index in [2.05, 4.69) is 10.6 Å². The molecule has 0 bridgehead atoms. The first-order valence-electron chi connectivity index (χ1n) is 1.23. The molecule has 0 unspecified atom stereocenters. The Hall–Kier alpha value is -0.110. The normalized spacial score (nSPS) is 12.8. The summed E-state index contributed by atoms with van der Waals surface area (Å²) in [6.07, 6.45) is 0. The summed E-state index contributed by atoms with van der Waals surface area (Å²) in [4.78, 5) is 0. The van der Waals surface area contributed by atoms with Crippen LogP contribution in [0.1, 0.15) is 0 Å². The van der Waals surface area contributed by atoms with Gasteiger partial charge in [-0.1, -0.05) is 11.6 Å². The van der Waals surface area contributed by atoms with E-state index in [1.807, 2.05) is 0 Å². The molecule has 0 saturated carbocycles. The van der Waals surface area contributed by atoms with Crippen LogP contribution in [0.3, 0.4) is 0 Å². The molecule has 0 aliphatic carbocycles. The molecule has 0 fully saturated rings. The fraction of sp³-hybridized carbons (Fsp3) is 1.00. The van der Waals surface area contributed by atoms with Crippen molar-refractivity contribution in [1.82, 2.24) is 0 Å². The van der Waals surface area contributed by atoms with Gasteiger partial charge in [-0.05, 0) is 0 Å². The highest BCUT2D eigenvalue weighted by Crippen LogP contribution is 1.67. The van der Waals surface area contributed by atoms with Crippen molar-refractivity contribution in [2.75, 3.05) is 6.00 Å². The monoisotopic (exact) mass is 79.0 g/mol. The molecule has 3 heteroatoms. The maximum atomic E-state index is 5.98. The third-order valence-corrected chi connectivity index (χ3v) is 0.160. The molecule has 2 nitrogen and oxygen atoms in total. The van der Waals surface area contributed by atoms with Crippen molar-refractivity contribution in [3.05, 3.63) is 0 Å². The van der Waals surface area contributed by atoms with Crippen molar-refractivity contribution in [2.45, 2.75) is 0 Å². The topological polar surface area (TPSA) is 36.2 Å². The lowest BCUT2D eigenvalue weighted by molar-refractivity contribution is 1.05. The number of alkyl halides is 1. The van der Waals surface area contributed by atoms with E-state index in [4.69, 9.17) is 13.0 Å². The van der Waals surface area contributed by atoms with Gasteiger partial charge in [-0.3, -0.25) is 0 Å². The van der Waals surface area contributed by atoms with Gasteiger partial charge in [0.25, 0.3) is 0 Å². The smallest absolute Gasteiger partial charge is 0.209 e. The van der Waals surface area contributed by atoms with Crippen molar-refractivity contribution >= 4 is 11.6 Å². The lowest BCUT2D eigenvalue weighted by atomic mass is 11.5. The first kappa shape index (κ1) is 2.15. The number of hydrogen-bond acceptors (Lipinski definition) is 2. The Morgan fingerprint density at radius 3 is 3.25 bits per heavy atom. The van der Waals surface area contributed by atoms with Crippen molar-refractivity contribution in [2.24, 2.45) is 5.11 Å². The Labute approximate surface area is 30.7 Å². The highest BCUT2D eigenvalue weighted by atomic mass is 35.5. The first-order chi connectivity index (χ1) is 2.41. The van der Waals surface area contributed by atoms with Crippen molar-refractivity contribution < 1.29 is 1.41 Å². The summed E-state index contributed by atoms with van der Waals surface area (Å²) >= 11 is 4.92. The Morgan fingerprint density at radius 2 is 3.25 bits per heavy atom. The number of hydrogen-bond donors (Lipinski definition) is 1. The molecule has 0 aromatic rings. The molecule has 0 rings (SSSR count). The fourth-order valence-electron chi connectivity index (χ4n) is 0. The second kappa shape index (κ2) is 2.89. The number of nitrogens with one attached hydrogen (secondary N) is 1. The molecule has 1 N–H and O–H groups in total. The van der Waals surface area contributed by atoms with Crippen molar-refractivity contribution in [3.8, 4) is 0 Å². The second-order valence-electron chi connectivity index (χ2n) is 0.261. The Bertz CT molecular complexity index is 36.6. The lowest BCUT2D eigenvalue weighted by Gasteiger charge is -1.55. The van der Waals surface area contributed by atoms with Gasteiger partial charge in [-0.25, -0.2) is 5.52 Å². The van der Waals surface area contributed by atoms with Crippen LogP contribution in [0.2, 0.25) is 1.41 Å². The van der Waals surface area contributed by atoms with Crippen LogP contribution in [0.15, 0.2) is 5.11 Å². The van der Waals surface area contributed by atoms with Crippen molar-refractivity contribution in [3.63, 3.8) is 0 Å². The molecule has 0 aliphatic heterocycles. The van der Waals surface area contributed by atoms with Gasteiger partial charge in [0.2, 0.25) is 1.41 Å². The van der Waals surface area contributed by atoms with Gasteiger partial charge in [0.15, 0.2) is 0 Å².